The van der Waals surface area contributed by atoms with E-state index in [1.54, 1.807) is 0 Å². The van der Waals surface area contributed by atoms with Gasteiger partial charge in [0, 0.05) is 19.3 Å². The molecule has 0 saturated heterocycles. The van der Waals surface area contributed by atoms with Crippen LogP contribution in [0.25, 0.3) is 0 Å². The van der Waals surface area contributed by atoms with Crippen LogP contribution in [0.5, 0.6) is 0 Å². The van der Waals surface area contributed by atoms with Crippen molar-refractivity contribution in [2.75, 3.05) is 13.2 Å². The lowest BCUT2D eigenvalue weighted by Crippen LogP contribution is -2.30. The molecule has 0 saturated carbocycles. The Labute approximate surface area is 404 Å². The first-order valence-electron chi connectivity index (χ1n) is 28.8. The average molecular weight is 916 g/mol. The maximum Gasteiger partial charge on any atom is 0.306 e. The van der Waals surface area contributed by atoms with E-state index in [0.717, 1.165) is 57.8 Å². The van der Waals surface area contributed by atoms with Gasteiger partial charge in [-0.25, -0.2) is 0 Å². The number of unbranched alkanes of at least 4 members (excludes halogenated alkanes) is 38. The maximum absolute atomic E-state index is 12.9. The predicted molar refractivity (Wildman–Crippen MR) is 279 cm³/mol. The minimum absolute atomic E-state index is 0.0689. The van der Waals surface area contributed by atoms with E-state index in [1.807, 2.05) is 0 Å². The van der Waals surface area contributed by atoms with E-state index in [0.29, 0.717) is 19.3 Å². The molecule has 0 unspecified atom stereocenters. The molecule has 0 rings (SSSR count). The minimum atomic E-state index is -0.770. The lowest BCUT2D eigenvalue weighted by molar-refractivity contribution is -0.167. The molecule has 0 heterocycles. The van der Waals surface area contributed by atoms with Crippen LogP contribution in [-0.2, 0) is 28.6 Å². The summed E-state index contributed by atoms with van der Waals surface area (Å²) < 4.78 is 16.9. The number of rotatable bonds is 53. The van der Waals surface area contributed by atoms with Crippen molar-refractivity contribution in [1.82, 2.24) is 0 Å². The van der Waals surface area contributed by atoms with Gasteiger partial charge in [-0.3, -0.25) is 14.4 Å². The highest BCUT2D eigenvalue weighted by Crippen LogP contribution is 2.16. The second-order valence-corrected chi connectivity index (χ2v) is 19.6. The third-order valence-corrected chi connectivity index (χ3v) is 12.9. The molecule has 65 heavy (non-hydrogen) atoms. The minimum Gasteiger partial charge on any atom is -0.462 e. The third-order valence-electron chi connectivity index (χ3n) is 12.9. The van der Waals surface area contributed by atoms with Gasteiger partial charge in [0.15, 0.2) is 6.10 Å². The van der Waals surface area contributed by atoms with E-state index < -0.39 is 6.10 Å². The molecule has 0 aromatic carbocycles. The Hall–Kier alpha value is -2.11. The smallest absolute Gasteiger partial charge is 0.306 e. The third kappa shape index (κ3) is 52.7. The van der Waals surface area contributed by atoms with Gasteiger partial charge < -0.3 is 14.2 Å². The van der Waals surface area contributed by atoms with E-state index >= 15 is 0 Å². The highest BCUT2D eigenvalue weighted by molar-refractivity contribution is 5.71. The van der Waals surface area contributed by atoms with E-state index in [1.165, 1.54) is 218 Å². The van der Waals surface area contributed by atoms with Gasteiger partial charge in [0.1, 0.15) is 13.2 Å². The molecule has 0 radical (unpaired) electrons. The zero-order valence-electron chi connectivity index (χ0n) is 43.8. The molecule has 0 fully saturated rings. The van der Waals surface area contributed by atoms with Gasteiger partial charge in [0.2, 0.25) is 0 Å². The highest BCUT2D eigenvalue weighted by Gasteiger charge is 2.19. The van der Waals surface area contributed by atoms with Crippen molar-refractivity contribution in [1.29, 1.82) is 0 Å². The van der Waals surface area contributed by atoms with Crippen molar-refractivity contribution in [3.63, 3.8) is 0 Å². The summed E-state index contributed by atoms with van der Waals surface area (Å²) in [5, 5.41) is 0. The second kappa shape index (κ2) is 54.5. The first kappa shape index (κ1) is 62.9. The van der Waals surface area contributed by atoms with Gasteiger partial charge in [-0.15, -0.1) is 0 Å². The van der Waals surface area contributed by atoms with Crippen LogP contribution < -0.4 is 0 Å². The molecule has 0 aromatic heterocycles. The summed E-state index contributed by atoms with van der Waals surface area (Å²) in [6.45, 7) is 6.66. The zero-order chi connectivity index (χ0) is 47.2. The quantitative estimate of drug-likeness (QED) is 0.0262. The monoisotopic (exact) mass is 915 g/mol. The predicted octanol–water partition coefficient (Wildman–Crippen LogP) is 19.1. The molecular weight excluding hydrogens is 805 g/mol. The molecule has 0 aliphatic carbocycles. The SMILES string of the molecule is CCCCCC/C=C\CCCCCCCCCC(=O)OC[C@H](COC(=O)CCCCCCCCCCCCCCC)OC(=O)CCCCCCCCCCC/C=C\CCCCCCCC. The van der Waals surface area contributed by atoms with Gasteiger partial charge in [0.05, 0.1) is 0 Å². The topological polar surface area (TPSA) is 78.9 Å². The Bertz CT molecular complexity index is 1050. The van der Waals surface area contributed by atoms with E-state index in [-0.39, 0.29) is 31.1 Å². The van der Waals surface area contributed by atoms with Crippen LogP contribution in [-0.4, -0.2) is 37.2 Å². The molecule has 6 nitrogen and oxygen atoms in total. The Morgan fingerprint density at radius 3 is 0.785 bits per heavy atom. The molecule has 6 heteroatoms. The lowest BCUT2D eigenvalue weighted by Gasteiger charge is -2.18. The molecule has 1 atom stereocenters. The zero-order valence-corrected chi connectivity index (χ0v) is 43.8. The molecule has 0 aromatic rings. The Morgan fingerprint density at radius 1 is 0.292 bits per heavy atom. The van der Waals surface area contributed by atoms with Crippen LogP contribution in [0.15, 0.2) is 24.3 Å². The van der Waals surface area contributed by atoms with Crippen LogP contribution in [0.1, 0.15) is 316 Å². The molecule has 0 spiro atoms. The molecular formula is C59H110O6. The summed E-state index contributed by atoms with van der Waals surface area (Å²) in [4.78, 5) is 38.1. The highest BCUT2D eigenvalue weighted by atomic mass is 16.6. The summed E-state index contributed by atoms with van der Waals surface area (Å²) in [5.41, 5.74) is 0. The van der Waals surface area contributed by atoms with Gasteiger partial charge in [-0.1, -0.05) is 251 Å². The second-order valence-electron chi connectivity index (χ2n) is 19.6. The standard InChI is InChI=1S/C59H110O6/c1-4-7-10-13-16-19-22-25-27-28-29-30-32-35-38-41-44-47-50-53-59(62)65-56(54-63-57(60)51-48-45-42-39-36-33-24-21-18-15-12-9-6-3)55-64-58(61)52-49-46-43-40-37-34-31-26-23-20-17-14-11-8-5-2/h20,23,25,27,56H,4-19,21-22,24,26,28-55H2,1-3H3/b23-20-,27-25-/t56-/m0/s1. The Balaban J connectivity index is 4.32. The van der Waals surface area contributed by atoms with Crippen molar-refractivity contribution in [2.24, 2.45) is 0 Å². The van der Waals surface area contributed by atoms with Crippen LogP contribution in [0.3, 0.4) is 0 Å². The van der Waals surface area contributed by atoms with Crippen LogP contribution in [0.4, 0.5) is 0 Å². The molecule has 0 aliphatic rings. The number of ether oxygens (including phenoxy) is 3. The van der Waals surface area contributed by atoms with Crippen LogP contribution in [0.2, 0.25) is 0 Å². The number of hydrogen-bond acceptors (Lipinski definition) is 6. The van der Waals surface area contributed by atoms with Crippen LogP contribution >= 0.6 is 0 Å². The fraction of sp³-hybridized carbons (Fsp3) is 0.881. The Morgan fingerprint density at radius 2 is 0.508 bits per heavy atom. The number of esters is 3. The van der Waals surface area contributed by atoms with Crippen LogP contribution in [0, 0.1) is 0 Å². The van der Waals surface area contributed by atoms with Gasteiger partial charge >= 0.3 is 17.9 Å². The molecule has 0 amide bonds. The van der Waals surface area contributed by atoms with Gasteiger partial charge in [-0.05, 0) is 70.6 Å². The first-order chi connectivity index (χ1) is 32.0. The van der Waals surface area contributed by atoms with Gasteiger partial charge in [0.25, 0.3) is 0 Å². The van der Waals surface area contributed by atoms with Crippen molar-refractivity contribution in [3.05, 3.63) is 24.3 Å². The maximum atomic E-state index is 12.9. The van der Waals surface area contributed by atoms with Crippen molar-refractivity contribution in [3.8, 4) is 0 Å². The number of carbonyl (C=O) groups excluding carboxylic acids is 3. The number of carbonyl (C=O) groups is 3. The van der Waals surface area contributed by atoms with E-state index in [4.69, 9.17) is 14.2 Å². The van der Waals surface area contributed by atoms with Crippen molar-refractivity contribution in [2.45, 2.75) is 322 Å². The van der Waals surface area contributed by atoms with E-state index in [9.17, 15) is 14.4 Å². The normalized spacial score (nSPS) is 12.1. The number of hydrogen-bond donors (Lipinski definition) is 0. The Kier molecular flexibility index (Phi) is 52.7. The summed E-state index contributed by atoms with van der Waals surface area (Å²) in [6.07, 6.45) is 63.0. The lowest BCUT2D eigenvalue weighted by atomic mass is 10.0. The summed E-state index contributed by atoms with van der Waals surface area (Å²) in [5.74, 6) is -0.857. The summed E-state index contributed by atoms with van der Waals surface area (Å²) in [6, 6.07) is 0. The summed E-state index contributed by atoms with van der Waals surface area (Å²) in [7, 11) is 0. The molecule has 0 N–H and O–H groups in total. The largest absolute Gasteiger partial charge is 0.462 e. The molecule has 0 aliphatic heterocycles. The molecule has 0 bridgehead atoms. The fourth-order valence-corrected chi connectivity index (χ4v) is 8.55. The first-order valence-corrected chi connectivity index (χ1v) is 28.8. The van der Waals surface area contributed by atoms with E-state index in [2.05, 4.69) is 45.1 Å². The fourth-order valence-electron chi connectivity index (χ4n) is 8.55. The average Bonchev–Trinajstić information content (AvgIpc) is 3.30. The summed E-state index contributed by atoms with van der Waals surface area (Å²) >= 11 is 0. The van der Waals surface area contributed by atoms with Crippen molar-refractivity contribution >= 4 is 17.9 Å². The molecule has 382 valence electrons. The number of allylic oxidation sites excluding steroid dienone is 4. The van der Waals surface area contributed by atoms with Gasteiger partial charge in [-0.2, -0.15) is 0 Å². The van der Waals surface area contributed by atoms with Crippen molar-refractivity contribution < 1.29 is 28.6 Å².